The first-order valence-electron chi connectivity index (χ1n) is 11.6. The number of fused-ring (bicyclic) bond motifs is 1. The molecule has 1 N–H and O–H groups in total. The van der Waals surface area contributed by atoms with Crippen LogP contribution in [0.25, 0.3) is 0 Å². The van der Waals surface area contributed by atoms with Crippen LogP contribution in [0.4, 0.5) is 5.00 Å². The number of benzene rings is 1. The predicted octanol–water partition coefficient (Wildman–Crippen LogP) is 5.55. The second-order valence-corrected chi connectivity index (χ2v) is 10.7. The highest BCUT2D eigenvalue weighted by atomic mass is 32.2. The van der Waals surface area contributed by atoms with Crippen LogP contribution in [0.2, 0.25) is 0 Å². The predicted molar refractivity (Wildman–Crippen MR) is 137 cm³/mol. The van der Waals surface area contributed by atoms with Gasteiger partial charge in [-0.1, -0.05) is 17.8 Å². The summed E-state index contributed by atoms with van der Waals surface area (Å²) in [4.78, 5) is 14.0. The molecule has 0 radical (unpaired) electrons. The van der Waals surface area contributed by atoms with Gasteiger partial charge in [0.2, 0.25) is 5.91 Å². The summed E-state index contributed by atoms with van der Waals surface area (Å²) in [5.74, 6) is 2.09. The largest absolute Gasteiger partial charge is 0.497 e. The van der Waals surface area contributed by atoms with Crippen LogP contribution in [0.15, 0.2) is 29.4 Å². The van der Waals surface area contributed by atoms with Crippen LogP contribution in [-0.4, -0.2) is 33.5 Å². The van der Waals surface area contributed by atoms with E-state index >= 15 is 0 Å². The Morgan fingerprint density at radius 3 is 2.77 bits per heavy atom. The molecule has 35 heavy (non-hydrogen) atoms. The Morgan fingerprint density at radius 2 is 2.03 bits per heavy atom. The SMILES string of the molecule is COc1cccc(OC(C)c2nnc(SCC(=O)Nc3sc4c(c3C#N)CCCC4)n2C(C)C)c1. The van der Waals surface area contributed by atoms with E-state index in [4.69, 9.17) is 9.47 Å². The first-order chi connectivity index (χ1) is 16.9. The molecule has 8 nitrogen and oxygen atoms in total. The number of hydrogen-bond donors (Lipinski definition) is 1. The van der Waals surface area contributed by atoms with Gasteiger partial charge in [0, 0.05) is 17.0 Å². The Hall–Kier alpha value is -3.03. The molecule has 4 rings (SSSR count). The van der Waals surface area contributed by atoms with Gasteiger partial charge in [0.05, 0.1) is 18.4 Å². The molecule has 0 fully saturated rings. The van der Waals surface area contributed by atoms with Gasteiger partial charge in [-0.05, 0) is 64.2 Å². The molecule has 1 aliphatic rings. The molecule has 0 spiro atoms. The van der Waals surface area contributed by atoms with E-state index in [0.717, 1.165) is 31.2 Å². The van der Waals surface area contributed by atoms with E-state index in [-0.39, 0.29) is 23.8 Å². The summed E-state index contributed by atoms with van der Waals surface area (Å²) in [6.45, 7) is 6.01. The first kappa shape index (κ1) is 25.1. The number of hydrogen-bond acceptors (Lipinski definition) is 8. The Labute approximate surface area is 213 Å². The van der Waals surface area contributed by atoms with E-state index in [1.54, 1.807) is 7.11 Å². The van der Waals surface area contributed by atoms with E-state index < -0.39 is 0 Å². The zero-order valence-electron chi connectivity index (χ0n) is 20.3. The van der Waals surface area contributed by atoms with E-state index in [1.807, 2.05) is 49.6 Å². The molecule has 10 heteroatoms. The standard InChI is InChI=1S/C25H29N5O3S2/c1-15(2)30-23(16(3)33-18-9-7-8-17(12-18)32-4)28-29-25(30)34-14-22(31)27-24-20(13-26)19-10-5-6-11-21(19)35-24/h7-9,12,15-16H,5-6,10-11,14H2,1-4H3,(H,27,31). The summed E-state index contributed by atoms with van der Waals surface area (Å²) in [6, 6.07) is 9.79. The van der Waals surface area contributed by atoms with Crippen LogP contribution in [0.1, 0.15) is 67.6 Å². The Bertz CT molecular complexity index is 1240. The number of nitrogens with zero attached hydrogens (tertiary/aromatic N) is 4. The molecule has 0 saturated heterocycles. The highest BCUT2D eigenvalue weighted by molar-refractivity contribution is 7.99. The van der Waals surface area contributed by atoms with Gasteiger partial charge < -0.3 is 19.4 Å². The van der Waals surface area contributed by atoms with Gasteiger partial charge in [-0.25, -0.2) is 0 Å². The fourth-order valence-electron chi connectivity index (χ4n) is 4.15. The minimum Gasteiger partial charge on any atom is -0.497 e. The summed E-state index contributed by atoms with van der Waals surface area (Å²) in [6.07, 6.45) is 3.77. The summed E-state index contributed by atoms with van der Waals surface area (Å²) in [5.41, 5.74) is 1.74. The average Bonchev–Trinajstić information content (AvgIpc) is 3.44. The normalized spacial score (nSPS) is 13.7. The fraction of sp³-hybridized carbons (Fsp3) is 0.440. The molecular formula is C25H29N5O3S2. The molecule has 1 aliphatic carbocycles. The minimum atomic E-state index is -0.351. The third-order valence-corrected chi connectivity index (χ3v) is 7.94. The number of methoxy groups -OCH3 is 1. The van der Waals surface area contributed by atoms with Crippen molar-refractivity contribution in [2.45, 2.75) is 63.8 Å². The van der Waals surface area contributed by atoms with Gasteiger partial charge in [-0.15, -0.1) is 21.5 Å². The lowest BCUT2D eigenvalue weighted by atomic mass is 9.96. The number of nitrogens with one attached hydrogen (secondary N) is 1. The Balaban J connectivity index is 1.44. The lowest BCUT2D eigenvalue weighted by Gasteiger charge is -2.19. The summed E-state index contributed by atoms with van der Waals surface area (Å²) < 4.78 is 13.4. The average molecular weight is 512 g/mol. The maximum atomic E-state index is 12.8. The molecule has 0 bridgehead atoms. The second kappa shape index (κ2) is 11.1. The zero-order valence-corrected chi connectivity index (χ0v) is 22.0. The van der Waals surface area contributed by atoms with Crippen molar-refractivity contribution in [2.75, 3.05) is 18.2 Å². The fourth-order valence-corrected chi connectivity index (χ4v) is 6.28. The van der Waals surface area contributed by atoms with Crippen molar-refractivity contribution in [3.05, 3.63) is 46.1 Å². The lowest BCUT2D eigenvalue weighted by Crippen LogP contribution is -2.16. The summed E-state index contributed by atoms with van der Waals surface area (Å²) in [7, 11) is 1.62. The summed E-state index contributed by atoms with van der Waals surface area (Å²) in [5, 5.41) is 22.6. The van der Waals surface area contributed by atoms with Crippen LogP contribution in [0.5, 0.6) is 11.5 Å². The first-order valence-corrected chi connectivity index (χ1v) is 13.4. The van der Waals surface area contributed by atoms with Gasteiger partial charge >= 0.3 is 0 Å². The van der Waals surface area contributed by atoms with Crippen molar-refractivity contribution >= 4 is 34.0 Å². The number of nitriles is 1. The van der Waals surface area contributed by atoms with E-state index in [1.165, 1.54) is 28.0 Å². The number of thiophene rings is 1. The maximum absolute atomic E-state index is 12.8. The number of amides is 1. The number of carbonyl (C=O) groups is 1. The van der Waals surface area contributed by atoms with Crippen molar-refractivity contribution in [3.63, 3.8) is 0 Å². The lowest BCUT2D eigenvalue weighted by molar-refractivity contribution is -0.113. The second-order valence-electron chi connectivity index (χ2n) is 8.61. The number of aryl methyl sites for hydroxylation is 1. The molecule has 1 aromatic carbocycles. The highest BCUT2D eigenvalue weighted by Crippen LogP contribution is 2.38. The van der Waals surface area contributed by atoms with Crippen LogP contribution in [0, 0.1) is 11.3 Å². The molecule has 3 aromatic rings. The van der Waals surface area contributed by atoms with E-state index in [2.05, 4.69) is 21.6 Å². The molecule has 0 saturated carbocycles. The number of ether oxygens (including phenoxy) is 2. The van der Waals surface area contributed by atoms with Crippen molar-refractivity contribution in [1.29, 1.82) is 5.26 Å². The van der Waals surface area contributed by atoms with Crippen LogP contribution < -0.4 is 14.8 Å². The highest BCUT2D eigenvalue weighted by Gasteiger charge is 2.24. The molecule has 1 atom stereocenters. The molecule has 184 valence electrons. The van der Waals surface area contributed by atoms with E-state index in [9.17, 15) is 10.1 Å². The topological polar surface area (TPSA) is 102 Å². The number of anilines is 1. The molecule has 0 aliphatic heterocycles. The van der Waals surface area contributed by atoms with Gasteiger partial charge in [0.1, 0.15) is 22.6 Å². The molecule has 2 aromatic heterocycles. The zero-order chi connectivity index (χ0) is 24.9. The number of rotatable bonds is 9. The van der Waals surface area contributed by atoms with E-state index in [0.29, 0.717) is 33.0 Å². The van der Waals surface area contributed by atoms with Gasteiger partial charge in [0.25, 0.3) is 0 Å². The number of aromatic nitrogens is 3. The van der Waals surface area contributed by atoms with Crippen LogP contribution in [0.3, 0.4) is 0 Å². The van der Waals surface area contributed by atoms with Gasteiger partial charge in [-0.2, -0.15) is 5.26 Å². The Kier molecular flexibility index (Phi) is 7.98. The Morgan fingerprint density at radius 1 is 1.26 bits per heavy atom. The molecule has 1 amide bonds. The van der Waals surface area contributed by atoms with Crippen molar-refractivity contribution in [1.82, 2.24) is 14.8 Å². The van der Waals surface area contributed by atoms with Crippen LogP contribution >= 0.6 is 23.1 Å². The molecule has 2 heterocycles. The van der Waals surface area contributed by atoms with Crippen molar-refractivity contribution < 1.29 is 14.3 Å². The van der Waals surface area contributed by atoms with Crippen LogP contribution in [-0.2, 0) is 17.6 Å². The van der Waals surface area contributed by atoms with Gasteiger partial charge in [0.15, 0.2) is 17.1 Å². The summed E-state index contributed by atoms with van der Waals surface area (Å²) >= 11 is 2.86. The quantitative estimate of drug-likeness (QED) is 0.376. The minimum absolute atomic E-state index is 0.0798. The number of carbonyl (C=O) groups excluding carboxylic acids is 1. The van der Waals surface area contributed by atoms with Gasteiger partial charge in [-0.3, -0.25) is 4.79 Å². The maximum Gasteiger partial charge on any atom is 0.235 e. The molecule has 1 unspecified atom stereocenters. The van der Waals surface area contributed by atoms with Crippen molar-refractivity contribution in [2.24, 2.45) is 0 Å². The smallest absolute Gasteiger partial charge is 0.235 e. The third kappa shape index (κ3) is 5.63. The monoisotopic (exact) mass is 511 g/mol. The molecular weight excluding hydrogens is 482 g/mol. The van der Waals surface area contributed by atoms with Crippen molar-refractivity contribution in [3.8, 4) is 17.6 Å². The number of thioether (sulfide) groups is 1. The third-order valence-electron chi connectivity index (χ3n) is 5.79.